The van der Waals surface area contributed by atoms with Gasteiger partial charge in [0.2, 0.25) is 0 Å². The van der Waals surface area contributed by atoms with Crippen LogP contribution in [-0.2, 0) is 17.0 Å². The number of ether oxygens (including phenoxy) is 3. The summed E-state index contributed by atoms with van der Waals surface area (Å²) >= 11 is 3.19. The first-order chi connectivity index (χ1) is 12.8. The fraction of sp³-hybridized carbons (Fsp3) is 0.353. The van der Waals surface area contributed by atoms with Crippen LogP contribution in [0, 0.1) is 0 Å². The van der Waals surface area contributed by atoms with Gasteiger partial charge in [-0.2, -0.15) is 0 Å². The molecule has 0 unspecified atom stereocenters. The van der Waals surface area contributed by atoms with E-state index >= 15 is 0 Å². The molecule has 0 N–H and O–H groups in total. The Hall–Kier alpha value is -2.10. The molecule has 7 nitrogen and oxygen atoms in total. The predicted molar refractivity (Wildman–Crippen MR) is 102 cm³/mol. The van der Waals surface area contributed by atoms with Gasteiger partial charge in [-0.25, -0.2) is 4.98 Å². The fourth-order valence-corrected chi connectivity index (χ4v) is 4.17. The zero-order valence-electron chi connectivity index (χ0n) is 14.8. The number of nitrogens with zero attached hydrogens (tertiary/aromatic N) is 4. The van der Waals surface area contributed by atoms with Crippen LogP contribution in [-0.4, -0.2) is 47.7 Å². The van der Waals surface area contributed by atoms with Gasteiger partial charge in [-0.3, -0.25) is 0 Å². The van der Waals surface area contributed by atoms with Gasteiger partial charge in [-0.1, -0.05) is 17.8 Å². The number of rotatable bonds is 9. The van der Waals surface area contributed by atoms with Gasteiger partial charge >= 0.3 is 0 Å². The molecule has 138 valence electrons. The Balaban J connectivity index is 1.72. The summed E-state index contributed by atoms with van der Waals surface area (Å²) in [6.45, 7) is 1.36. The van der Waals surface area contributed by atoms with E-state index in [2.05, 4.69) is 15.6 Å². The van der Waals surface area contributed by atoms with Gasteiger partial charge < -0.3 is 18.8 Å². The molecule has 9 heteroatoms. The van der Waals surface area contributed by atoms with Crippen LogP contribution in [0.15, 0.2) is 35.1 Å². The number of hydrogen-bond acceptors (Lipinski definition) is 8. The third-order valence-corrected chi connectivity index (χ3v) is 5.59. The van der Waals surface area contributed by atoms with E-state index in [0.717, 1.165) is 28.0 Å². The van der Waals surface area contributed by atoms with E-state index in [1.807, 2.05) is 22.8 Å². The number of benzene rings is 1. The van der Waals surface area contributed by atoms with Crippen LogP contribution < -0.4 is 9.47 Å². The van der Waals surface area contributed by atoms with Crippen LogP contribution in [0.1, 0.15) is 5.69 Å². The average molecular weight is 393 g/mol. The molecule has 0 spiro atoms. The van der Waals surface area contributed by atoms with Gasteiger partial charge in [0.25, 0.3) is 0 Å². The predicted octanol–water partition coefficient (Wildman–Crippen LogP) is 3.36. The normalized spacial score (nSPS) is 10.9. The van der Waals surface area contributed by atoms with E-state index in [9.17, 15) is 0 Å². The molecule has 0 bridgehead atoms. The summed E-state index contributed by atoms with van der Waals surface area (Å²) in [5.74, 6) is 2.11. The van der Waals surface area contributed by atoms with E-state index in [1.54, 1.807) is 50.8 Å². The van der Waals surface area contributed by atoms with Crippen molar-refractivity contribution in [3.05, 3.63) is 35.6 Å². The molecule has 26 heavy (non-hydrogen) atoms. The van der Waals surface area contributed by atoms with Gasteiger partial charge in [0, 0.05) is 24.8 Å². The van der Waals surface area contributed by atoms with Crippen LogP contribution in [0.25, 0.3) is 10.6 Å². The highest BCUT2D eigenvalue weighted by molar-refractivity contribution is 7.98. The largest absolute Gasteiger partial charge is 0.493 e. The SMILES string of the molecule is COCCn1cnnc1SCc1csc(-c2cccc(OC)c2OC)n1. The van der Waals surface area contributed by atoms with Gasteiger partial charge in [-0.15, -0.1) is 21.5 Å². The van der Waals surface area contributed by atoms with Gasteiger partial charge in [-0.05, 0) is 12.1 Å². The minimum absolute atomic E-state index is 0.627. The van der Waals surface area contributed by atoms with Crippen molar-refractivity contribution in [2.75, 3.05) is 27.9 Å². The van der Waals surface area contributed by atoms with E-state index in [0.29, 0.717) is 23.9 Å². The number of para-hydroxylation sites is 1. The summed E-state index contributed by atoms with van der Waals surface area (Å²) < 4.78 is 18.0. The molecular formula is C17H20N4O3S2. The summed E-state index contributed by atoms with van der Waals surface area (Å²) in [6.07, 6.45) is 1.72. The van der Waals surface area contributed by atoms with Crippen molar-refractivity contribution in [2.24, 2.45) is 0 Å². The maximum atomic E-state index is 5.51. The molecule has 0 radical (unpaired) electrons. The molecule has 0 aliphatic heterocycles. The second-order valence-electron chi connectivity index (χ2n) is 5.27. The van der Waals surface area contributed by atoms with Crippen LogP contribution in [0.2, 0.25) is 0 Å². The number of aromatic nitrogens is 4. The summed E-state index contributed by atoms with van der Waals surface area (Å²) in [6, 6.07) is 5.79. The third kappa shape index (κ3) is 4.17. The van der Waals surface area contributed by atoms with Gasteiger partial charge in [0.15, 0.2) is 16.7 Å². The Morgan fingerprint density at radius 1 is 1.19 bits per heavy atom. The van der Waals surface area contributed by atoms with E-state index in [4.69, 9.17) is 19.2 Å². The van der Waals surface area contributed by atoms with Crippen molar-refractivity contribution < 1.29 is 14.2 Å². The summed E-state index contributed by atoms with van der Waals surface area (Å²) in [7, 11) is 4.95. The molecule has 0 saturated carbocycles. The van der Waals surface area contributed by atoms with Crippen molar-refractivity contribution >= 4 is 23.1 Å². The molecule has 3 rings (SSSR count). The smallest absolute Gasteiger partial charge is 0.191 e. The molecule has 2 aromatic heterocycles. The second kappa shape index (κ2) is 9.02. The van der Waals surface area contributed by atoms with Gasteiger partial charge in [0.05, 0.1) is 32.1 Å². The van der Waals surface area contributed by atoms with E-state index in [1.165, 1.54) is 0 Å². The minimum Gasteiger partial charge on any atom is -0.493 e. The van der Waals surface area contributed by atoms with Crippen LogP contribution in [0.5, 0.6) is 11.5 Å². The summed E-state index contributed by atoms with van der Waals surface area (Å²) in [4.78, 5) is 4.74. The molecular weight excluding hydrogens is 372 g/mol. The second-order valence-corrected chi connectivity index (χ2v) is 7.07. The summed E-state index contributed by atoms with van der Waals surface area (Å²) in [5, 5.41) is 11.9. The number of thioether (sulfide) groups is 1. The summed E-state index contributed by atoms with van der Waals surface area (Å²) in [5.41, 5.74) is 1.91. The van der Waals surface area contributed by atoms with Crippen molar-refractivity contribution in [1.29, 1.82) is 0 Å². The zero-order chi connectivity index (χ0) is 18.4. The van der Waals surface area contributed by atoms with Crippen molar-refractivity contribution in [2.45, 2.75) is 17.5 Å². The average Bonchev–Trinajstić information content (AvgIpc) is 3.33. The molecule has 1 aromatic carbocycles. The van der Waals surface area contributed by atoms with Crippen molar-refractivity contribution in [3.63, 3.8) is 0 Å². The molecule has 0 aliphatic carbocycles. The fourth-order valence-electron chi connectivity index (χ4n) is 2.39. The first-order valence-electron chi connectivity index (χ1n) is 7.92. The minimum atomic E-state index is 0.627. The highest BCUT2D eigenvalue weighted by Crippen LogP contribution is 2.39. The highest BCUT2D eigenvalue weighted by atomic mass is 32.2. The van der Waals surface area contributed by atoms with Gasteiger partial charge in [0.1, 0.15) is 11.3 Å². The van der Waals surface area contributed by atoms with Crippen molar-refractivity contribution in [3.8, 4) is 22.1 Å². The Bertz CT molecular complexity index is 850. The Morgan fingerprint density at radius 3 is 2.85 bits per heavy atom. The maximum Gasteiger partial charge on any atom is 0.191 e. The first kappa shape index (κ1) is 18.7. The Kier molecular flexibility index (Phi) is 6.48. The first-order valence-corrected chi connectivity index (χ1v) is 9.78. The number of thiazole rings is 1. The Morgan fingerprint density at radius 2 is 2.08 bits per heavy atom. The number of methoxy groups -OCH3 is 3. The molecule has 3 aromatic rings. The van der Waals surface area contributed by atoms with Crippen LogP contribution >= 0.6 is 23.1 Å². The molecule has 0 saturated heterocycles. The van der Waals surface area contributed by atoms with E-state index < -0.39 is 0 Å². The molecule has 0 atom stereocenters. The van der Waals surface area contributed by atoms with Crippen molar-refractivity contribution in [1.82, 2.24) is 19.7 Å². The lowest BCUT2D eigenvalue weighted by molar-refractivity contribution is 0.184. The zero-order valence-corrected chi connectivity index (χ0v) is 16.5. The maximum absolute atomic E-state index is 5.51. The standard InChI is InChI=1S/C17H20N4O3S2/c1-22-8-7-21-11-18-20-17(21)26-10-12-9-25-16(19-12)13-5-4-6-14(23-2)15(13)24-3/h4-6,9,11H,7-8,10H2,1-3H3. The molecule has 0 aliphatic rings. The lowest BCUT2D eigenvalue weighted by Crippen LogP contribution is -2.04. The lowest BCUT2D eigenvalue weighted by atomic mass is 10.2. The van der Waals surface area contributed by atoms with Crippen LogP contribution in [0.3, 0.4) is 0 Å². The molecule has 0 amide bonds. The third-order valence-electron chi connectivity index (χ3n) is 3.65. The van der Waals surface area contributed by atoms with E-state index in [-0.39, 0.29) is 0 Å². The molecule has 0 fully saturated rings. The highest BCUT2D eigenvalue weighted by Gasteiger charge is 2.15. The topological polar surface area (TPSA) is 71.3 Å². The Labute approximate surface area is 160 Å². The quantitative estimate of drug-likeness (QED) is 0.517. The monoisotopic (exact) mass is 392 g/mol. The van der Waals surface area contributed by atoms with Crippen LogP contribution in [0.4, 0.5) is 0 Å². The lowest BCUT2D eigenvalue weighted by Gasteiger charge is -2.10. The molecule has 2 heterocycles. The number of hydrogen-bond donors (Lipinski definition) is 0.